The van der Waals surface area contributed by atoms with E-state index in [0.717, 1.165) is 37.8 Å². The van der Waals surface area contributed by atoms with Gasteiger partial charge in [-0.05, 0) is 37.0 Å². The number of anilines is 1. The zero-order valence-electron chi connectivity index (χ0n) is 12.1. The number of aliphatic hydroxyl groups is 1. The van der Waals surface area contributed by atoms with Gasteiger partial charge in [0, 0.05) is 12.2 Å². The van der Waals surface area contributed by atoms with Crippen molar-refractivity contribution in [2.24, 2.45) is 0 Å². The van der Waals surface area contributed by atoms with Crippen molar-refractivity contribution in [1.82, 2.24) is 0 Å². The molecule has 1 saturated carbocycles. The lowest BCUT2D eigenvalue weighted by molar-refractivity contribution is 0.0381. The van der Waals surface area contributed by atoms with Crippen LogP contribution in [0.5, 0.6) is 0 Å². The van der Waals surface area contributed by atoms with Crippen molar-refractivity contribution >= 4 is 5.69 Å². The predicted molar refractivity (Wildman–Crippen MR) is 81.6 cm³/mol. The topological polar surface area (TPSA) is 32.3 Å². The number of hydrogen-bond donors (Lipinski definition) is 2. The van der Waals surface area contributed by atoms with Gasteiger partial charge in [0.1, 0.15) is 0 Å². The van der Waals surface area contributed by atoms with Crippen molar-refractivity contribution in [3.63, 3.8) is 0 Å². The van der Waals surface area contributed by atoms with Gasteiger partial charge in [0.25, 0.3) is 0 Å². The second kappa shape index (κ2) is 6.95. The summed E-state index contributed by atoms with van der Waals surface area (Å²) in [4.78, 5) is 0. The molecule has 1 aromatic rings. The summed E-state index contributed by atoms with van der Waals surface area (Å²) in [6, 6.07) is 8.63. The summed E-state index contributed by atoms with van der Waals surface area (Å²) in [5.74, 6) is 0. The van der Waals surface area contributed by atoms with E-state index in [1.54, 1.807) is 0 Å². The third-order valence-corrected chi connectivity index (χ3v) is 4.15. The molecule has 2 rings (SSSR count). The van der Waals surface area contributed by atoms with Crippen molar-refractivity contribution in [2.75, 3.05) is 11.9 Å². The molecule has 0 saturated heterocycles. The molecule has 1 aliphatic carbocycles. The highest BCUT2D eigenvalue weighted by molar-refractivity contribution is 5.45. The van der Waals surface area contributed by atoms with Crippen LogP contribution in [-0.2, 0) is 6.42 Å². The monoisotopic (exact) mass is 261 g/mol. The SMILES string of the molecule is CCCc1ccc(NCC2(O)CCCCCC2)cc1. The lowest BCUT2D eigenvalue weighted by Gasteiger charge is -2.27. The number of hydrogen-bond acceptors (Lipinski definition) is 2. The van der Waals surface area contributed by atoms with Gasteiger partial charge in [-0.25, -0.2) is 0 Å². The molecule has 2 N–H and O–H groups in total. The van der Waals surface area contributed by atoms with Crippen LogP contribution in [0.1, 0.15) is 57.4 Å². The quantitative estimate of drug-likeness (QED) is 0.781. The van der Waals surface area contributed by atoms with Crippen LogP contribution in [-0.4, -0.2) is 17.3 Å². The summed E-state index contributed by atoms with van der Waals surface area (Å²) < 4.78 is 0. The third kappa shape index (κ3) is 4.54. The molecule has 0 aliphatic heterocycles. The van der Waals surface area contributed by atoms with E-state index in [0.29, 0.717) is 6.54 Å². The Balaban J connectivity index is 1.86. The van der Waals surface area contributed by atoms with E-state index in [1.807, 2.05) is 0 Å². The molecule has 0 radical (unpaired) electrons. The Kier molecular flexibility index (Phi) is 5.26. The fourth-order valence-electron chi connectivity index (χ4n) is 2.91. The van der Waals surface area contributed by atoms with Crippen molar-refractivity contribution in [2.45, 2.75) is 63.9 Å². The molecule has 0 amide bonds. The Bertz CT molecular complexity index is 363. The van der Waals surface area contributed by atoms with E-state index in [4.69, 9.17) is 0 Å². The van der Waals surface area contributed by atoms with Crippen LogP contribution in [0.15, 0.2) is 24.3 Å². The maximum atomic E-state index is 10.6. The molecule has 2 heteroatoms. The van der Waals surface area contributed by atoms with Crippen LogP contribution >= 0.6 is 0 Å². The van der Waals surface area contributed by atoms with Crippen LogP contribution in [0, 0.1) is 0 Å². The lowest BCUT2D eigenvalue weighted by atomic mass is 9.94. The van der Waals surface area contributed by atoms with Gasteiger partial charge in [0.15, 0.2) is 0 Å². The van der Waals surface area contributed by atoms with Crippen molar-refractivity contribution in [3.8, 4) is 0 Å². The average Bonchev–Trinajstić information content (AvgIpc) is 2.64. The van der Waals surface area contributed by atoms with Crippen LogP contribution in [0.25, 0.3) is 0 Å². The first-order valence-electron chi connectivity index (χ1n) is 7.77. The third-order valence-electron chi connectivity index (χ3n) is 4.15. The fourth-order valence-corrected chi connectivity index (χ4v) is 2.91. The molecule has 19 heavy (non-hydrogen) atoms. The second-order valence-electron chi connectivity index (χ2n) is 5.94. The number of nitrogens with one attached hydrogen (secondary N) is 1. The highest BCUT2D eigenvalue weighted by Crippen LogP contribution is 2.27. The van der Waals surface area contributed by atoms with E-state index in [9.17, 15) is 5.11 Å². The zero-order chi connectivity index (χ0) is 13.6. The Morgan fingerprint density at radius 3 is 2.26 bits per heavy atom. The highest BCUT2D eigenvalue weighted by atomic mass is 16.3. The van der Waals surface area contributed by atoms with Crippen LogP contribution in [0.2, 0.25) is 0 Å². The molecular weight excluding hydrogens is 234 g/mol. The Morgan fingerprint density at radius 1 is 1.05 bits per heavy atom. The second-order valence-corrected chi connectivity index (χ2v) is 5.94. The minimum Gasteiger partial charge on any atom is -0.388 e. The molecule has 2 nitrogen and oxygen atoms in total. The normalized spacial score (nSPS) is 18.8. The minimum absolute atomic E-state index is 0.501. The average molecular weight is 261 g/mol. The van der Waals surface area contributed by atoms with Crippen LogP contribution in [0.3, 0.4) is 0 Å². The Hall–Kier alpha value is -1.02. The summed E-state index contributed by atoms with van der Waals surface area (Å²) in [5.41, 5.74) is 2.01. The van der Waals surface area contributed by atoms with E-state index in [-0.39, 0.29) is 0 Å². The number of aryl methyl sites for hydroxylation is 1. The summed E-state index contributed by atoms with van der Waals surface area (Å²) in [6.45, 7) is 2.88. The number of benzene rings is 1. The van der Waals surface area contributed by atoms with Gasteiger partial charge >= 0.3 is 0 Å². The Labute approximate surface area is 117 Å². The van der Waals surface area contributed by atoms with Crippen molar-refractivity contribution in [3.05, 3.63) is 29.8 Å². The fraction of sp³-hybridized carbons (Fsp3) is 0.647. The van der Waals surface area contributed by atoms with Gasteiger partial charge in [-0.1, -0.05) is 51.2 Å². The summed E-state index contributed by atoms with van der Waals surface area (Å²) in [5, 5.41) is 14.0. The van der Waals surface area contributed by atoms with Crippen molar-refractivity contribution in [1.29, 1.82) is 0 Å². The highest BCUT2D eigenvalue weighted by Gasteiger charge is 2.27. The van der Waals surface area contributed by atoms with Gasteiger partial charge < -0.3 is 10.4 Å². The van der Waals surface area contributed by atoms with Crippen molar-refractivity contribution < 1.29 is 5.11 Å². The largest absolute Gasteiger partial charge is 0.388 e. The lowest BCUT2D eigenvalue weighted by Crippen LogP contribution is -2.36. The Morgan fingerprint density at radius 2 is 1.68 bits per heavy atom. The molecular formula is C17H27NO. The maximum absolute atomic E-state index is 10.6. The van der Waals surface area contributed by atoms with Crippen LogP contribution < -0.4 is 5.32 Å². The molecule has 0 aromatic heterocycles. The van der Waals surface area contributed by atoms with E-state index in [1.165, 1.54) is 24.8 Å². The molecule has 0 bridgehead atoms. The van der Waals surface area contributed by atoms with Gasteiger partial charge in [0.2, 0.25) is 0 Å². The molecule has 1 aliphatic rings. The van der Waals surface area contributed by atoms with E-state index >= 15 is 0 Å². The first-order valence-corrected chi connectivity index (χ1v) is 7.77. The minimum atomic E-state index is -0.501. The molecule has 0 heterocycles. The van der Waals surface area contributed by atoms with Gasteiger partial charge in [-0.3, -0.25) is 0 Å². The van der Waals surface area contributed by atoms with Gasteiger partial charge in [-0.2, -0.15) is 0 Å². The standard InChI is InChI=1S/C17H27NO/c1-2-7-15-8-10-16(11-9-15)18-14-17(19)12-5-3-4-6-13-17/h8-11,18-19H,2-7,12-14H2,1H3. The molecule has 0 unspecified atom stereocenters. The molecule has 106 valence electrons. The summed E-state index contributed by atoms with van der Waals surface area (Å²) in [6.07, 6.45) is 9.07. The predicted octanol–water partition coefficient (Wildman–Crippen LogP) is 4.14. The van der Waals surface area contributed by atoms with Gasteiger partial charge in [-0.15, -0.1) is 0 Å². The number of rotatable bonds is 5. The first kappa shape index (κ1) is 14.4. The van der Waals surface area contributed by atoms with Gasteiger partial charge in [0.05, 0.1) is 5.60 Å². The molecule has 1 fully saturated rings. The van der Waals surface area contributed by atoms with E-state index < -0.39 is 5.60 Å². The summed E-state index contributed by atoms with van der Waals surface area (Å²) >= 11 is 0. The molecule has 0 spiro atoms. The maximum Gasteiger partial charge on any atom is 0.0819 e. The van der Waals surface area contributed by atoms with Crippen LogP contribution in [0.4, 0.5) is 5.69 Å². The smallest absolute Gasteiger partial charge is 0.0819 e. The summed E-state index contributed by atoms with van der Waals surface area (Å²) in [7, 11) is 0. The zero-order valence-corrected chi connectivity index (χ0v) is 12.1. The first-order chi connectivity index (χ1) is 9.22. The van der Waals surface area contributed by atoms with E-state index in [2.05, 4.69) is 36.5 Å². The molecule has 1 aromatic carbocycles. The molecule has 0 atom stereocenters.